The van der Waals surface area contributed by atoms with Crippen molar-refractivity contribution in [3.63, 3.8) is 0 Å². The number of hydrogen-bond acceptors (Lipinski definition) is 6. The first-order valence-corrected chi connectivity index (χ1v) is 8.23. The highest BCUT2D eigenvalue weighted by Crippen LogP contribution is 2.23. The van der Waals surface area contributed by atoms with Crippen molar-refractivity contribution in [1.29, 1.82) is 0 Å². The van der Waals surface area contributed by atoms with Gasteiger partial charge in [-0.2, -0.15) is 0 Å². The fourth-order valence-electron chi connectivity index (χ4n) is 3.08. The van der Waals surface area contributed by atoms with Crippen LogP contribution in [0.2, 0.25) is 0 Å². The standard InChI is InChI=1S/C17H26N4O2/c1-20-8-7-18-17(20)19-13-16(21-9-11-23-12-10-21)14-3-5-15(22-2)6-4-14/h3-6,16H,7-13H2,1-2H3,(H,18,19). The maximum Gasteiger partial charge on any atom is 0.193 e. The summed E-state index contributed by atoms with van der Waals surface area (Å²) >= 11 is 0. The molecule has 0 amide bonds. The summed E-state index contributed by atoms with van der Waals surface area (Å²) in [6.07, 6.45) is 0. The molecule has 1 N–H and O–H groups in total. The number of hydrogen-bond donors (Lipinski definition) is 1. The highest BCUT2D eigenvalue weighted by molar-refractivity contribution is 5.81. The van der Waals surface area contributed by atoms with Gasteiger partial charge in [0.05, 0.1) is 32.9 Å². The summed E-state index contributed by atoms with van der Waals surface area (Å²) in [5, 5.41) is 3.52. The van der Waals surface area contributed by atoms with E-state index < -0.39 is 0 Å². The molecule has 0 radical (unpaired) electrons. The van der Waals surface area contributed by atoms with Gasteiger partial charge < -0.3 is 19.7 Å². The largest absolute Gasteiger partial charge is 0.497 e. The fraction of sp³-hybridized carbons (Fsp3) is 0.588. The van der Waals surface area contributed by atoms with Gasteiger partial charge in [-0.05, 0) is 17.7 Å². The maximum atomic E-state index is 5.50. The Hall–Kier alpha value is -1.79. The normalized spacial score (nSPS) is 20.3. The number of guanidine groups is 1. The van der Waals surface area contributed by atoms with Crippen molar-refractivity contribution in [3.05, 3.63) is 29.8 Å². The number of aliphatic imine (C=N–C) groups is 1. The lowest BCUT2D eigenvalue weighted by atomic mass is 10.0. The number of ether oxygens (including phenoxy) is 2. The topological polar surface area (TPSA) is 49.3 Å². The lowest BCUT2D eigenvalue weighted by Crippen LogP contribution is -2.45. The Balaban J connectivity index is 1.72. The van der Waals surface area contributed by atoms with Crippen LogP contribution in [0.15, 0.2) is 29.3 Å². The van der Waals surface area contributed by atoms with Gasteiger partial charge in [0.25, 0.3) is 0 Å². The predicted octanol–water partition coefficient (Wildman–Crippen LogP) is 0.960. The summed E-state index contributed by atoms with van der Waals surface area (Å²) in [6.45, 7) is 6.23. The van der Waals surface area contributed by atoms with Gasteiger partial charge in [0.15, 0.2) is 5.96 Å². The van der Waals surface area contributed by atoms with E-state index >= 15 is 0 Å². The molecule has 6 heteroatoms. The van der Waals surface area contributed by atoms with Crippen LogP contribution >= 0.6 is 0 Å². The van der Waals surface area contributed by atoms with Gasteiger partial charge in [-0.25, -0.2) is 0 Å². The molecule has 1 aromatic rings. The fourth-order valence-corrected chi connectivity index (χ4v) is 3.08. The van der Waals surface area contributed by atoms with E-state index in [1.807, 2.05) is 12.1 Å². The summed E-state index contributed by atoms with van der Waals surface area (Å²) < 4.78 is 10.8. The molecule has 1 unspecified atom stereocenters. The molecular formula is C17H26N4O2. The van der Waals surface area contributed by atoms with Crippen LogP contribution in [0.3, 0.4) is 0 Å². The Morgan fingerprint density at radius 1 is 1.22 bits per heavy atom. The van der Waals surface area contributed by atoms with Crippen LogP contribution in [0.25, 0.3) is 0 Å². The van der Waals surface area contributed by atoms with Crippen LogP contribution in [0, 0.1) is 0 Å². The minimum Gasteiger partial charge on any atom is -0.497 e. The monoisotopic (exact) mass is 318 g/mol. The second-order valence-electron chi connectivity index (χ2n) is 5.95. The van der Waals surface area contributed by atoms with Crippen molar-refractivity contribution in [2.45, 2.75) is 6.04 Å². The zero-order chi connectivity index (χ0) is 16.1. The summed E-state index contributed by atoms with van der Waals surface area (Å²) in [6, 6.07) is 8.67. The van der Waals surface area contributed by atoms with Crippen molar-refractivity contribution in [2.24, 2.45) is 4.99 Å². The van der Waals surface area contributed by atoms with Crippen LogP contribution in [0.4, 0.5) is 0 Å². The summed E-state index contributed by atoms with van der Waals surface area (Å²) in [5.74, 6) is 1.89. The van der Waals surface area contributed by atoms with Gasteiger partial charge >= 0.3 is 0 Å². The summed E-state index contributed by atoms with van der Waals surface area (Å²) in [7, 11) is 3.78. The summed E-state index contributed by atoms with van der Waals surface area (Å²) in [5.41, 5.74) is 1.29. The van der Waals surface area contributed by atoms with Gasteiger partial charge in [0, 0.05) is 33.2 Å². The van der Waals surface area contributed by atoms with E-state index in [0.717, 1.165) is 57.6 Å². The molecule has 1 saturated heterocycles. The predicted molar refractivity (Wildman–Crippen MR) is 91.1 cm³/mol. The Bertz CT molecular complexity index is 526. The third-order valence-electron chi connectivity index (χ3n) is 4.50. The highest BCUT2D eigenvalue weighted by atomic mass is 16.5. The van der Waals surface area contributed by atoms with Crippen molar-refractivity contribution < 1.29 is 9.47 Å². The number of benzene rings is 1. The van der Waals surface area contributed by atoms with Crippen LogP contribution in [0.1, 0.15) is 11.6 Å². The molecule has 126 valence electrons. The molecule has 1 fully saturated rings. The van der Waals surface area contributed by atoms with E-state index in [4.69, 9.17) is 9.47 Å². The van der Waals surface area contributed by atoms with Gasteiger partial charge in [0.2, 0.25) is 0 Å². The SMILES string of the molecule is COc1ccc(C(CNC2=NCCN2C)N2CCOCC2)cc1. The van der Waals surface area contributed by atoms with Crippen LogP contribution in [-0.2, 0) is 4.74 Å². The zero-order valence-corrected chi connectivity index (χ0v) is 14.0. The minimum absolute atomic E-state index is 0.307. The van der Waals surface area contributed by atoms with Gasteiger partial charge in [0.1, 0.15) is 5.75 Å². The van der Waals surface area contributed by atoms with E-state index in [1.165, 1.54) is 5.56 Å². The first-order chi connectivity index (χ1) is 11.3. The molecule has 1 atom stereocenters. The lowest BCUT2D eigenvalue weighted by molar-refractivity contribution is 0.0169. The lowest BCUT2D eigenvalue weighted by Gasteiger charge is -2.35. The Labute approximate surface area is 138 Å². The molecule has 6 nitrogen and oxygen atoms in total. The van der Waals surface area contributed by atoms with Crippen LogP contribution in [0.5, 0.6) is 5.75 Å². The van der Waals surface area contributed by atoms with Crippen molar-refractivity contribution in [2.75, 3.05) is 60.1 Å². The molecule has 2 heterocycles. The summed E-state index contributed by atoms with van der Waals surface area (Å²) in [4.78, 5) is 9.17. The van der Waals surface area contributed by atoms with Crippen molar-refractivity contribution in [1.82, 2.24) is 15.1 Å². The smallest absolute Gasteiger partial charge is 0.193 e. The quantitative estimate of drug-likeness (QED) is 0.876. The van der Waals surface area contributed by atoms with Crippen molar-refractivity contribution in [3.8, 4) is 5.75 Å². The second kappa shape index (κ2) is 7.66. The van der Waals surface area contributed by atoms with Gasteiger partial charge in [-0.15, -0.1) is 0 Å². The molecule has 0 aliphatic carbocycles. The average molecular weight is 318 g/mol. The molecule has 2 aliphatic rings. The van der Waals surface area contributed by atoms with E-state index in [0.29, 0.717) is 6.04 Å². The van der Waals surface area contributed by atoms with E-state index in [1.54, 1.807) is 7.11 Å². The Kier molecular flexibility index (Phi) is 5.35. The molecule has 0 bridgehead atoms. The zero-order valence-electron chi connectivity index (χ0n) is 14.0. The number of morpholine rings is 1. The Morgan fingerprint density at radius 2 is 1.96 bits per heavy atom. The molecule has 23 heavy (non-hydrogen) atoms. The Morgan fingerprint density at radius 3 is 2.57 bits per heavy atom. The second-order valence-corrected chi connectivity index (χ2v) is 5.95. The third-order valence-corrected chi connectivity index (χ3v) is 4.50. The van der Waals surface area contributed by atoms with Crippen LogP contribution in [-0.4, -0.2) is 75.9 Å². The number of nitrogens with one attached hydrogen (secondary N) is 1. The molecule has 1 aromatic carbocycles. The molecule has 0 saturated carbocycles. The molecular weight excluding hydrogens is 292 g/mol. The molecule has 3 rings (SSSR count). The number of rotatable bonds is 5. The van der Waals surface area contributed by atoms with Crippen molar-refractivity contribution >= 4 is 5.96 Å². The molecule has 0 spiro atoms. The van der Waals surface area contributed by atoms with E-state index in [2.05, 4.69) is 39.3 Å². The van der Waals surface area contributed by atoms with E-state index in [9.17, 15) is 0 Å². The number of nitrogens with zero attached hydrogens (tertiary/aromatic N) is 3. The third kappa shape index (κ3) is 3.95. The van der Waals surface area contributed by atoms with Gasteiger partial charge in [-0.1, -0.05) is 12.1 Å². The first-order valence-electron chi connectivity index (χ1n) is 8.23. The molecule has 2 aliphatic heterocycles. The minimum atomic E-state index is 0.307. The number of methoxy groups -OCH3 is 1. The maximum absolute atomic E-state index is 5.50. The van der Waals surface area contributed by atoms with Crippen LogP contribution < -0.4 is 10.1 Å². The first kappa shape index (κ1) is 16.1. The average Bonchev–Trinajstić information content (AvgIpc) is 3.02. The molecule has 0 aromatic heterocycles. The van der Waals surface area contributed by atoms with E-state index in [-0.39, 0.29) is 0 Å². The highest BCUT2D eigenvalue weighted by Gasteiger charge is 2.24. The number of likely N-dealkylation sites (N-methyl/N-ethyl adjacent to an activating group) is 1. The van der Waals surface area contributed by atoms with Gasteiger partial charge in [-0.3, -0.25) is 9.89 Å².